The summed E-state index contributed by atoms with van der Waals surface area (Å²) in [5, 5.41) is 2.76. The van der Waals surface area contributed by atoms with Crippen LogP contribution in [0.4, 0.5) is 0 Å². The number of aldehydes is 1. The van der Waals surface area contributed by atoms with Gasteiger partial charge in [0.2, 0.25) is 0 Å². The van der Waals surface area contributed by atoms with E-state index >= 15 is 0 Å². The van der Waals surface area contributed by atoms with Gasteiger partial charge in [-0.25, -0.2) is 0 Å². The molecule has 1 N–H and O–H groups in total. The van der Waals surface area contributed by atoms with Gasteiger partial charge >= 0.3 is 0 Å². The molecule has 0 heterocycles. The van der Waals surface area contributed by atoms with Crippen molar-refractivity contribution in [2.75, 3.05) is 6.54 Å². The molecule has 80 valence electrons. The molecule has 0 saturated carbocycles. The van der Waals surface area contributed by atoms with Gasteiger partial charge in [0.25, 0.3) is 5.91 Å². The number of benzene rings is 1. The smallest absolute Gasteiger partial charge is 0.251 e. The fraction of sp³-hybridized carbons (Fsp3) is 0.333. The van der Waals surface area contributed by atoms with Crippen LogP contribution in [-0.4, -0.2) is 18.7 Å². The van der Waals surface area contributed by atoms with E-state index in [0.717, 1.165) is 11.8 Å². The Morgan fingerprint density at radius 1 is 1.33 bits per heavy atom. The average Bonchev–Trinajstić information content (AvgIpc) is 2.25. The molecule has 0 radical (unpaired) electrons. The first-order valence-corrected chi connectivity index (χ1v) is 5.02. The highest BCUT2D eigenvalue weighted by Crippen LogP contribution is 2.02. The van der Waals surface area contributed by atoms with Crippen molar-refractivity contribution in [3.05, 3.63) is 35.4 Å². The average molecular weight is 205 g/mol. The van der Waals surface area contributed by atoms with Crippen LogP contribution in [0, 0.1) is 6.92 Å². The first-order valence-electron chi connectivity index (χ1n) is 5.02. The lowest BCUT2D eigenvalue weighted by Crippen LogP contribution is -2.24. The van der Waals surface area contributed by atoms with Crippen molar-refractivity contribution >= 4 is 12.2 Å². The second kappa shape index (κ2) is 5.96. The van der Waals surface area contributed by atoms with E-state index in [0.29, 0.717) is 24.9 Å². The minimum atomic E-state index is -0.0825. The number of rotatable bonds is 5. The van der Waals surface area contributed by atoms with Gasteiger partial charge in [-0.1, -0.05) is 17.7 Å². The highest BCUT2D eigenvalue weighted by molar-refractivity contribution is 5.94. The summed E-state index contributed by atoms with van der Waals surface area (Å²) in [5.74, 6) is -0.0825. The van der Waals surface area contributed by atoms with Crippen LogP contribution in [0.25, 0.3) is 0 Å². The predicted molar refractivity (Wildman–Crippen MR) is 58.8 cm³/mol. The third kappa shape index (κ3) is 3.94. The minimum absolute atomic E-state index is 0.0825. The predicted octanol–water partition coefficient (Wildman–Crippen LogP) is 1.70. The lowest BCUT2D eigenvalue weighted by Gasteiger charge is -2.03. The van der Waals surface area contributed by atoms with E-state index in [1.165, 1.54) is 0 Å². The van der Waals surface area contributed by atoms with Gasteiger partial charge in [-0.3, -0.25) is 4.79 Å². The summed E-state index contributed by atoms with van der Waals surface area (Å²) in [4.78, 5) is 21.6. The van der Waals surface area contributed by atoms with E-state index in [-0.39, 0.29) is 5.91 Å². The molecule has 1 amide bonds. The summed E-state index contributed by atoms with van der Waals surface area (Å²) in [6.45, 7) is 2.53. The summed E-state index contributed by atoms with van der Waals surface area (Å²) in [7, 11) is 0. The molecule has 0 bridgehead atoms. The maximum atomic E-state index is 11.5. The zero-order valence-electron chi connectivity index (χ0n) is 8.82. The maximum Gasteiger partial charge on any atom is 0.251 e. The molecule has 0 aliphatic heterocycles. The fourth-order valence-corrected chi connectivity index (χ4v) is 1.19. The molecule has 0 aliphatic carbocycles. The van der Waals surface area contributed by atoms with Crippen LogP contribution in [0.15, 0.2) is 24.3 Å². The summed E-state index contributed by atoms with van der Waals surface area (Å²) in [5.41, 5.74) is 1.79. The monoisotopic (exact) mass is 205 g/mol. The van der Waals surface area contributed by atoms with E-state index in [4.69, 9.17) is 0 Å². The number of unbranched alkanes of at least 4 members (excludes halogenated alkanes) is 1. The molecule has 0 spiro atoms. The van der Waals surface area contributed by atoms with Crippen molar-refractivity contribution in [2.45, 2.75) is 19.8 Å². The maximum absolute atomic E-state index is 11.5. The van der Waals surface area contributed by atoms with Crippen molar-refractivity contribution in [1.29, 1.82) is 0 Å². The number of carbonyl (C=O) groups is 2. The first kappa shape index (κ1) is 11.4. The topological polar surface area (TPSA) is 46.2 Å². The van der Waals surface area contributed by atoms with Gasteiger partial charge in [-0.15, -0.1) is 0 Å². The summed E-state index contributed by atoms with van der Waals surface area (Å²) in [6, 6.07) is 7.40. The number of aryl methyl sites for hydroxylation is 1. The van der Waals surface area contributed by atoms with E-state index < -0.39 is 0 Å². The van der Waals surface area contributed by atoms with Gasteiger partial charge in [-0.05, 0) is 25.5 Å². The largest absolute Gasteiger partial charge is 0.352 e. The molecule has 0 atom stereocenters. The molecule has 3 heteroatoms. The second-order valence-corrected chi connectivity index (χ2v) is 3.43. The van der Waals surface area contributed by atoms with Gasteiger partial charge in [0.15, 0.2) is 0 Å². The van der Waals surface area contributed by atoms with Crippen LogP contribution in [0.5, 0.6) is 0 Å². The molecular weight excluding hydrogens is 190 g/mol. The van der Waals surface area contributed by atoms with Crippen molar-refractivity contribution in [3.8, 4) is 0 Å². The van der Waals surface area contributed by atoms with Crippen molar-refractivity contribution in [2.24, 2.45) is 0 Å². The van der Waals surface area contributed by atoms with Crippen molar-refractivity contribution in [3.63, 3.8) is 0 Å². The van der Waals surface area contributed by atoms with Crippen LogP contribution in [0.3, 0.4) is 0 Å². The number of nitrogens with one attached hydrogen (secondary N) is 1. The molecule has 0 fully saturated rings. The van der Waals surface area contributed by atoms with Crippen molar-refractivity contribution < 1.29 is 9.59 Å². The molecule has 15 heavy (non-hydrogen) atoms. The Bertz CT molecular complexity index is 330. The Morgan fingerprint density at radius 3 is 2.60 bits per heavy atom. The standard InChI is InChI=1S/C12H15NO2/c1-10-4-6-11(7-5-10)12(15)13-8-2-3-9-14/h4-7,9H,2-3,8H2,1H3,(H,13,15). The van der Waals surface area contributed by atoms with Crippen LogP contribution >= 0.6 is 0 Å². The molecule has 1 aromatic carbocycles. The minimum Gasteiger partial charge on any atom is -0.352 e. The second-order valence-electron chi connectivity index (χ2n) is 3.43. The van der Waals surface area contributed by atoms with Gasteiger partial charge in [0, 0.05) is 18.5 Å². The van der Waals surface area contributed by atoms with Gasteiger partial charge in [0.05, 0.1) is 0 Å². The SMILES string of the molecule is Cc1ccc(C(=O)NCCCC=O)cc1. The van der Waals surface area contributed by atoms with Crippen LogP contribution in [0.2, 0.25) is 0 Å². The summed E-state index contributed by atoms with van der Waals surface area (Å²) >= 11 is 0. The molecule has 1 rings (SSSR count). The number of hydrogen-bond acceptors (Lipinski definition) is 2. The normalized spacial score (nSPS) is 9.67. The third-order valence-electron chi connectivity index (χ3n) is 2.10. The molecule has 0 unspecified atom stereocenters. The molecule has 0 aliphatic rings. The van der Waals surface area contributed by atoms with Crippen LogP contribution < -0.4 is 5.32 Å². The summed E-state index contributed by atoms with van der Waals surface area (Å²) < 4.78 is 0. The lowest BCUT2D eigenvalue weighted by atomic mass is 10.1. The zero-order valence-corrected chi connectivity index (χ0v) is 8.82. The summed E-state index contributed by atoms with van der Waals surface area (Å²) in [6.07, 6.45) is 2.05. The van der Waals surface area contributed by atoms with Crippen molar-refractivity contribution in [1.82, 2.24) is 5.32 Å². The van der Waals surface area contributed by atoms with E-state index in [1.54, 1.807) is 12.1 Å². The quantitative estimate of drug-likeness (QED) is 0.587. The van der Waals surface area contributed by atoms with Gasteiger partial charge in [-0.2, -0.15) is 0 Å². The molecule has 0 aromatic heterocycles. The Labute approximate surface area is 89.5 Å². The fourth-order valence-electron chi connectivity index (χ4n) is 1.19. The van der Waals surface area contributed by atoms with E-state index in [2.05, 4.69) is 5.32 Å². The van der Waals surface area contributed by atoms with Crippen LogP contribution in [-0.2, 0) is 4.79 Å². The lowest BCUT2D eigenvalue weighted by molar-refractivity contribution is -0.107. The molecular formula is C12H15NO2. The Hall–Kier alpha value is -1.64. The van der Waals surface area contributed by atoms with Crippen LogP contribution in [0.1, 0.15) is 28.8 Å². The number of carbonyl (C=O) groups excluding carboxylic acids is 2. The van der Waals surface area contributed by atoms with Gasteiger partial charge < -0.3 is 10.1 Å². The van der Waals surface area contributed by atoms with E-state index in [1.807, 2.05) is 19.1 Å². The molecule has 0 saturated heterocycles. The first-order chi connectivity index (χ1) is 7.24. The zero-order chi connectivity index (χ0) is 11.1. The highest BCUT2D eigenvalue weighted by Gasteiger charge is 2.02. The van der Waals surface area contributed by atoms with E-state index in [9.17, 15) is 9.59 Å². The molecule has 1 aromatic rings. The van der Waals surface area contributed by atoms with Gasteiger partial charge in [0.1, 0.15) is 6.29 Å². The third-order valence-corrected chi connectivity index (χ3v) is 2.10. The number of hydrogen-bond donors (Lipinski definition) is 1. The highest BCUT2D eigenvalue weighted by atomic mass is 16.1. The Kier molecular flexibility index (Phi) is 4.54. The Morgan fingerprint density at radius 2 is 2.00 bits per heavy atom. The molecule has 3 nitrogen and oxygen atoms in total. The Balaban J connectivity index is 2.40. The number of amides is 1.